The van der Waals surface area contributed by atoms with Crippen molar-refractivity contribution >= 4 is 27.4 Å². The lowest BCUT2D eigenvalue weighted by Crippen LogP contribution is -2.31. The molecule has 2 heterocycles. The van der Waals surface area contributed by atoms with E-state index in [4.69, 9.17) is 22.1 Å². The lowest BCUT2D eigenvalue weighted by atomic mass is 10.1. The summed E-state index contributed by atoms with van der Waals surface area (Å²) in [7, 11) is 0. The van der Waals surface area contributed by atoms with Gasteiger partial charge in [0.2, 0.25) is 0 Å². The number of rotatable bonds is 3. The van der Waals surface area contributed by atoms with Crippen LogP contribution in [-0.4, -0.2) is 34.2 Å². The Balaban J connectivity index is 1.94. The molecule has 0 aliphatic carbocycles. The largest absolute Gasteiger partial charge is 0.394 e. The first-order valence-electron chi connectivity index (χ1n) is 7.38. The number of nitrogens with two attached hydrogens (primary N) is 1. The van der Waals surface area contributed by atoms with Gasteiger partial charge < -0.3 is 15.6 Å². The topological polar surface area (TPSA) is 77.7 Å². The highest BCUT2D eigenvalue weighted by molar-refractivity contribution is 9.10. The number of hydrogen-bond acceptors (Lipinski definition) is 4. The van der Waals surface area contributed by atoms with Gasteiger partial charge in [0.05, 0.1) is 31.9 Å². The maximum Gasteiger partial charge on any atom is 0.254 e. The van der Waals surface area contributed by atoms with E-state index in [2.05, 4.69) is 25.9 Å². The van der Waals surface area contributed by atoms with E-state index >= 15 is 0 Å². The van der Waals surface area contributed by atoms with Crippen LogP contribution in [0.5, 0.6) is 0 Å². The van der Waals surface area contributed by atoms with Crippen LogP contribution in [0.15, 0.2) is 28.7 Å². The summed E-state index contributed by atoms with van der Waals surface area (Å²) >= 11 is 3.40. The smallest absolute Gasteiger partial charge is 0.254 e. The number of aromatic nitrogens is 2. The Kier molecular flexibility index (Phi) is 4.66. The molecule has 1 aromatic heterocycles. The third-order valence-electron chi connectivity index (χ3n) is 4.05. The average Bonchev–Trinajstić information content (AvgIpc) is 2.92. The molecule has 2 atom stereocenters. The van der Waals surface area contributed by atoms with Gasteiger partial charge >= 0.3 is 0 Å². The van der Waals surface area contributed by atoms with Crippen LogP contribution in [0.2, 0.25) is 0 Å². The van der Waals surface area contributed by atoms with Crippen molar-refractivity contribution in [2.24, 2.45) is 0 Å². The minimum atomic E-state index is -0.116. The molecule has 3 N–H and O–H groups in total. The molecule has 2 aromatic rings. The highest BCUT2D eigenvalue weighted by Gasteiger charge is 2.27. The molecular weight excluding hydrogens is 360 g/mol. The predicted octanol–water partition coefficient (Wildman–Crippen LogP) is 3.16. The standard InChI is InChI=1S/C16H17BrN4O2/c1-19-15-14(10-2-4-11(17)5-3-10)20-21(16(15)18)12-6-7-13(8-22)23-9-12/h2-5,12-13,22H,6-9,18H2. The number of aliphatic hydroxyl groups is 1. The fraction of sp³-hybridized carbons (Fsp3) is 0.375. The second-order valence-corrected chi connectivity index (χ2v) is 6.43. The lowest BCUT2D eigenvalue weighted by molar-refractivity contribution is -0.0406. The Hall–Kier alpha value is -1.88. The number of nitrogen functional groups attached to an aromatic ring is 1. The minimum absolute atomic E-state index is 0.0116. The van der Waals surface area contributed by atoms with Crippen LogP contribution < -0.4 is 5.73 Å². The van der Waals surface area contributed by atoms with Gasteiger partial charge in [0.25, 0.3) is 5.69 Å². The van der Waals surface area contributed by atoms with Crippen molar-refractivity contribution in [2.45, 2.75) is 25.0 Å². The van der Waals surface area contributed by atoms with Gasteiger partial charge in [-0.3, -0.25) is 4.68 Å². The lowest BCUT2D eigenvalue weighted by Gasteiger charge is -2.28. The van der Waals surface area contributed by atoms with Gasteiger partial charge in [-0.1, -0.05) is 28.1 Å². The number of halogens is 1. The summed E-state index contributed by atoms with van der Waals surface area (Å²) in [4.78, 5) is 3.56. The fourth-order valence-electron chi connectivity index (χ4n) is 2.76. The second-order valence-electron chi connectivity index (χ2n) is 5.51. The Morgan fingerprint density at radius 1 is 1.39 bits per heavy atom. The Morgan fingerprint density at radius 2 is 2.13 bits per heavy atom. The zero-order valence-electron chi connectivity index (χ0n) is 12.4. The first-order valence-corrected chi connectivity index (χ1v) is 8.17. The summed E-state index contributed by atoms with van der Waals surface area (Å²) in [5, 5.41) is 13.7. The highest BCUT2D eigenvalue weighted by Crippen LogP contribution is 2.38. The highest BCUT2D eigenvalue weighted by atomic mass is 79.9. The van der Waals surface area contributed by atoms with Crippen molar-refractivity contribution in [2.75, 3.05) is 18.9 Å². The summed E-state index contributed by atoms with van der Waals surface area (Å²) in [5.74, 6) is 0.369. The molecule has 1 aliphatic heterocycles. The molecule has 6 nitrogen and oxygen atoms in total. The van der Waals surface area contributed by atoms with Crippen molar-refractivity contribution < 1.29 is 9.84 Å². The number of nitrogens with zero attached hydrogens (tertiary/aromatic N) is 3. The molecule has 1 aromatic carbocycles. The molecule has 7 heteroatoms. The molecule has 1 fully saturated rings. The molecule has 3 rings (SSSR count). The minimum Gasteiger partial charge on any atom is -0.394 e. The molecule has 0 saturated carbocycles. The summed E-state index contributed by atoms with van der Waals surface area (Å²) in [6.45, 7) is 7.89. The molecule has 0 radical (unpaired) electrons. The van der Waals surface area contributed by atoms with Gasteiger partial charge in [0.15, 0.2) is 0 Å². The van der Waals surface area contributed by atoms with E-state index in [1.165, 1.54) is 0 Å². The monoisotopic (exact) mass is 376 g/mol. The second kappa shape index (κ2) is 6.71. The maximum atomic E-state index is 9.14. The van der Waals surface area contributed by atoms with Crippen LogP contribution in [0.25, 0.3) is 16.1 Å². The molecular formula is C16H17BrN4O2. The zero-order chi connectivity index (χ0) is 16.4. The van der Waals surface area contributed by atoms with Gasteiger partial charge in [-0.05, 0) is 30.5 Å². The SMILES string of the molecule is [C-]#[N+]c1c(-c2ccc(Br)cc2)nn(C2CCC(CO)OC2)c1N. The summed E-state index contributed by atoms with van der Waals surface area (Å²) in [5.41, 5.74) is 7.97. The van der Waals surface area contributed by atoms with E-state index in [0.29, 0.717) is 23.8 Å². The molecule has 120 valence electrons. The van der Waals surface area contributed by atoms with Crippen molar-refractivity contribution in [1.82, 2.24) is 9.78 Å². The van der Waals surface area contributed by atoms with Gasteiger partial charge in [-0.15, -0.1) is 0 Å². The van der Waals surface area contributed by atoms with Crippen molar-refractivity contribution in [3.05, 3.63) is 40.2 Å². The Morgan fingerprint density at radius 3 is 2.70 bits per heavy atom. The van der Waals surface area contributed by atoms with E-state index in [0.717, 1.165) is 22.9 Å². The first kappa shape index (κ1) is 16.0. The van der Waals surface area contributed by atoms with Crippen LogP contribution in [0.4, 0.5) is 11.5 Å². The summed E-state index contributed by atoms with van der Waals surface area (Å²) in [6, 6.07) is 7.62. The molecule has 0 bridgehead atoms. The van der Waals surface area contributed by atoms with Gasteiger partial charge in [0.1, 0.15) is 11.5 Å². The van der Waals surface area contributed by atoms with Crippen LogP contribution >= 0.6 is 15.9 Å². The van der Waals surface area contributed by atoms with E-state index in [-0.39, 0.29) is 18.8 Å². The van der Waals surface area contributed by atoms with E-state index < -0.39 is 0 Å². The number of benzene rings is 1. The molecule has 0 amide bonds. The molecule has 2 unspecified atom stereocenters. The van der Waals surface area contributed by atoms with Crippen LogP contribution in [0.3, 0.4) is 0 Å². The average molecular weight is 377 g/mol. The van der Waals surface area contributed by atoms with Crippen LogP contribution in [-0.2, 0) is 4.74 Å². The first-order chi connectivity index (χ1) is 11.1. The van der Waals surface area contributed by atoms with Gasteiger partial charge in [-0.2, -0.15) is 5.10 Å². The van der Waals surface area contributed by atoms with E-state index in [1.807, 2.05) is 24.3 Å². The molecule has 1 saturated heterocycles. The number of hydrogen-bond donors (Lipinski definition) is 2. The normalized spacial score (nSPS) is 21.1. The van der Waals surface area contributed by atoms with Crippen LogP contribution in [0, 0.1) is 6.57 Å². The zero-order valence-corrected chi connectivity index (χ0v) is 14.0. The molecule has 23 heavy (non-hydrogen) atoms. The Bertz CT molecular complexity index is 728. The summed E-state index contributed by atoms with van der Waals surface area (Å²) < 4.78 is 8.26. The number of ether oxygens (including phenoxy) is 1. The Labute approximate surface area is 142 Å². The summed E-state index contributed by atoms with van der Waals surface area (Å²) in [6.07, 6.45) is 1.45. The number of aliphatic hydroxyl groups excluding tert-OH is 1. The third-order valence-corrected chi connectivity index (χ3v) is 4.58. The van der Waals surface area contributed by atoms with Gasteiger partial charge in [0, 0.05) is 4.47 Å². The quantitative estimate of drug-likeness (QED) is 0.806. The molecule has 0 spiro atoms. The fourth-order valence-corrected chi connectivity index (χ4v) is 3.02. The van der Waals surface area contributed by atoms with Gasteiger partial charge in [-0.25, -0.2) is 4.85 Å². The van der Waals surface area contributed by atoms with Crippen molar-refractivity contribution in [3.8, 4) is 11.3 Å². The van der Waals surface area contributed by atoms with Crippen LogP contribution in [0.1, 0.15) is 18.9 Å². The number of anilines is 1. The predicted molar refractivity (Wildman–Crippen MR) is 91.1 cm³/mol. The maximum absolute atomic E-state index is 9.14. The third kappa shape index (κ3) is 3.11. The van der Waals surface area contributed by atoms with Crippen molar-refractivity contribution in [3.63, 3.8) is 0 Å². The van der Waals surface area contributed by atoms with E-state index in [1.54, 1.807) is 4.68 Å². The van der Waals surface area contributed by atoms with E-state index in [9.17, 15) is 0 Å². The van der Waals surface area contributed by atoms with Crippen molar-refractivity contribution in [1.29, 1.82) is 0 Å². The molecule has 1 aliphatic rings.